The fraction of sp³-hybridized carbons (Fsp3) is 0.571. The number of likely N-dealkylation sites (N-methyl/N-ethyl adjacent to an activating group) is 1. The first-order valence-electron chi connectivity index (χ1n) is 6.44. The third kappa shape index (κ3) is 3.45. The van der Waals surface area contributed by atoms with E-state index in [2.05, 4.69) is 59.5 Å². The lowest BCUT2D eigenvalue weighted by atomic mass is 10.1. The first-order chi connectivity index (χ1) is 8.27. The third-order valence-electron chi connectivity index (χ3n) is 3.64. The van der Waals surface area contributed by atoms with Gasteiger partial charge in [-0.2, -0.15) is 0 Å². The van der Waals surface area contributed by atoms with E-state index in [1.165, 1.54) is 18.7 Å². The molecule has 0 aliphatic carbocycles. The van der Waals surface area contributed by atoms with Crippen molar-refractivity contribution in [2.45, 2.75) is 12.5 Å². The number of nitrogens with one attached hydrogen (secondary N) is 1. The Morgan fingerprint density at radius 1 is 1.35 bits per heavy atom. The number of anilines is 1. The van der Waals surface area contributed by atoms with Crippen molar-refractivity contribution >= 4 is 5.69 Å². The number of rotatable bonds is 4. The molecule has 0 spiro atoms. The number of benzene rings is 1. The monoisotopic (exact) mass is 233 g/mol. The number of nitrogens with zero attached hydrogens (tertiary/aromatic N) is 2. The molecule has 1 atom stereocenters. The van der Waals surface area contributed by atoms with E-state index in [-0.39, 0.29) is 0 Å². The van der Waals surface area contributed by atoms with Crippen LogP contribution in [0.5, 0.6) is 0 Å². The maximum atomic E-state index is 3.47. The molecule has 94 valence electrons. The Hall–Kier alpha value is -1.06. The average Bonchev–Trinajstić information content (AvgIpc) is 2.38. The van der Waals surface area contributed by atoms with Crippen LogP contribution >= 0.6 is 0 Å². The van der Waals surface area contributed by atoms with Crippen molar-refractivity contribution in [3.05, 3.63) is 30.3 Å². The summed E-state index contributed by atoms with van der Waals surface area (Å²) < 4.78 is 0. The van der Waals surface area contributed by atoms with Crippen molar-refractivity contribution in [2.24, 2.45) is 0 Å². The molecule has 0 saturated carbocycles. The summed E-state index contributed by atoms with van der Waals surface area (Å²) in [4.78, 5) is 4.80. The minimum absolute atomic E-state index is 0.676. The predicted molar refractivity (Wildman–Crippen MR) is 73.6 cm³/mol. The van der Waals surface area contributed by atoms with Crippen LogP contribution in [0.15, 0.2) is 30.3 Å². The van der Waals surface area contributed by atoms with Crippen molar-refractivity contribution in [2.75, 3.05) is 45.2 Å². The van der Waals surface area contributed by atoms with E-state index in [9.17, 15) is 0 Å². The third-order valence-corrected chi connectivity index (χ3v) is 3.64. The van der Waals surface area contributed by atoms with Crippen LogP contribution in [0.4, 0.5) is 5.69 Å². The molecule has 1 heterocycles. The van der Waals surface area contributed by atoms with Gasteiger partial charge in [0.15, 0.2) is 0 Å². The summed E-state index contributed by atoms with van der Waals surface area (Å²) in [6.45, 7) is 4.53. The molecule has 0 aromatic heterocycles. The molecule has 0 bridgehead atoms. The van der Waals surface area contributed by atoms with E-state index in [1.54, 1.807) is 0 Å². The standard InChI is InChI=1S/C14H23N3/c1-16(13-6-4-3-5-7-13)10-8-14-12-15-9-11-17(14)2/h3-7,14-15H,8-12H2,1-2H3. The van der Waals surface area contributed by atoms with Crippen LogP contribution in [0.25, 0.3) is 0 Å². The Bertz CT molecular complexity index is 325. The molecule has 0 radical (unpaired) electrons. The molecule has 1 aromatic carbocycles. The van der Waals surface area contributed by atoms with Crippen LogP contribution in [-0.4, -0.2) is 51.2 Å². The van der Waals surface area contributed by atoms with Gasteiger partial charge < -0.3 is 15.1 Å². The number of hydrogen-bond acceptors (Lipinski definition) is 3. The smallest absolute Gasteiger partial charge is 0.0363 e. The van der Waals surface area contributed by atoms with Gasteiger partial charge in [-0.15, -0.1) is 0 Å². The highest BCUT2D eigenvalue weighted by atomic mass is 15.2. The molecule has 1 saturated heterocycles. The topological polar surface area (TPSA) is 18.5 Å². The molecule has 3 nitrogen and oxygen atoms in total. The van der Waals surface area contributed by atoms with Gasteiger partial charge in [-0.3, -0.25) is 0 Å². The van der Waals surface area contributed by atoms with Gasteiger partial charge in [-0.05, 0) is 25.6 Å². The van der Waals surface area contributed by atoms with Gasteiger partial charge in [-0.1, -0.05) is 18.2 Å². The summed E-state index contributed by atoms with van der Waals surface area (Å²) >= 11 is 0. The van der Waals surface area contributed by atoms with Gasteiger partial charge in [0, 0.05) is 45.0 Å². The molecular weight excluding hydrogens is 210 g/mol. The molecule has 0 amide bonds. The first-order valence-corrected chi connectivity index (χ1v) is 6.44. The van der Waals surface area contributed by atoms with Crippen LogP contribution in [0.2, 0.25) is 0 Å². The Kier molecular flexibility index (Phi) is 4.40. The van der Waals surface area contributed by atoms with E-state index in [1.807, 2.05) is 0 Å². The van der Waals surface area contributed by atoms with Gasteiger partial charge in [-0.25, -0.2) is 0 Å². The van der Waals surface area contributed by atoms with Crippen LogP contribution in [0.1, 0.15) is 6.42 Å². The summed E-state index contributed by atoms with van der Waals surface area (Å²) in [6.07, 6.45) is 1.22. The highest BCUT2D eigenvalue weighted by Crippen LogP contribution is 2.13. The molecule has 3 heteroatoms. The quantitative estimate of drug-likeness (QED) is 0.848. The van der Waals surface area contributed by atoms with E-state index < -0.39 is 0 Å². The zero-order chi connectivity index (χ0) is 12.1. The lowest BCUT2D eigenvalue weighted by Gasteiger charge is -2.34. The van der Waals surface area contributed by atoms with Gasteiger partial charge in [0.1, 0.15) is 0 Å². The second kappa shape index (κ2) is 6.03. The Balaban J connectivity index is 1.81. The molecule has 1 unspecified atom stereocenters. The van der Waals surface area contributed by atoms with Crippen molar-refractivity contribution in [1.29, 1.82) is 0 Å². The highest BCUT2D eigenvalue weighted by Gasteiger charge is 2.18. The Morgan fingerprint density at radius 2 is 2.12 bits per heavy atom. The van der Waals surface area contributed by atoms with E-state index in [0.717, 1.165) is 19.6 Å². The van der Waals surface area contributed by atoms with Crippen molar-refractivity contribution in [3.8, 4) is 0 Å². The molecule has 17 heavy (non-hydrogen) atoms. The van der Waals surface area contributed by atoms with Crippen molar-refractivity contribution in [1.82, 2.24) is 10.2 Å². The first kappa shape index (κ1) is 12.4. The van der Waals surface area contributed by atoms with Gasteiger partial charge in [0.25, 0.3) is 0 Å². The van der Waals surface area contributed by atoms with Gasteiger partial charge >= 0.3 is 0 Å². The van der Waals surface area contributed by atoms with Crippen LogP contribution in [0.3, 0.4) is 0 Å². The average molecular weight is 233 g/mol. The molecular formula is C14H23N3. The molecule has 1 fully saturated rings. The number of hydrogen-bond donors (Lipinski definition) is 1. The SMILES string of the molecule is CN(CCC1CNCCN1C)c1ccccc1. The fourth-order valence-corrected chi connectivity index (χ4v) is 2.34. The van der Waals surface area contributed by atoms with E-state index in [4.69, 9.17) is 0 Å². The van der Waals surface area contributed by atoms with Crippen LogP contribution in [-0.2, 0) is 0 Å². The fourth-order valence-electron chi connectivity index (χ4n) is 2.34. The number of para-hydroxylation sites is 1. The summed E-state index contributed by atoms with van der Waals surface area (Å²) in [6, 6.07) is 11.3. The minimum atomic E-state index is 0.676. The normalized spacial score (nSPS) is 21.4. The molecule has 1 aliphatic rings. The lowest BCUT2D eigenvalue weighted by Crippen LogP contribution is -2.50. The lowest BCUT2D eigenvalue weighted by molar-refractivity contribution is 0.192. The minimum Gasteiger partial charge on any atom is -0.375 e. The summed E-state index contributed by atoms with van der Waals surface area (Å²) in [5.74, 6) is 0. The molecule has 1 N–H and O–H groups in total. The summed E-state index contributed by atoms with van der Waals surface area (Å²) in [5.41, 5.74) is 1.30. The maximum Gasteiger partial charge on any atom is 0.0363 e. The van der Waals surface area contributed by atoms with Crippen molar-refractivity contribution < 1.29 is 0 Å². The number of piperazine rings is 1. The summed E-state index contributed by atoms with van der Waals surface area (Å²) in [7, 11) is 4.40. The second-order valence-corrected chi connectivity index (χ2v) is 4.88. The van der Waals surface area contributed by atoms with E-state index in [0.29, 0.717) is 6.04 Å². The zero-order valence-electron chi connectivity index (χ0n) is 10.9. The highest BCUT2D eigenvalue weighted by molar-refractivity contribution is 5.44. The summed E-state index contributed by atoms with van der Waals surface area (Å²) in [5, 5.41) is 3.47. The zero-order valence-corrected chi connectivity index (χ0v) is 10.9. The van der Waals surface area contributed by atoms with E-state index >= 15 is 0 Å². The molecule has 1 aromatic rings. The second-order valence-electron chi connectivity index (χ2n) is 4.88. The molecule has 2 rings (SSSR count). The Labute approximate surface area is 104 Å². The van der Waals surface area contributed by atoms with Crippen molar-refractivity contribution in [3.63, 3.8) is 0 Å². The van der Waals surface area contributed by atoms with Gasteiger partial charge in [0.2, 0.25) is 0 Å². The van der Waals surface area contributed by atoms with Crippen LogP contribution < -0.4 is 10.2 Å². The molecule has 1 aliphatic heterocycles. The maximum absolute atomic E-state index is 3.47. The van der Waals surface area contributed by atoms with Crippen LogP contribution in [0, 0.1) is 0 Å². The predicted octanol–water partition coefficient (Wildman–Crippen LogP) is 1.42. The largest absolute Gasteiger partial charge is 0.375 e. The van der Waals surface area contributed by atoms with Gasteiger partial charge in [0.05, 0.1) is 0 Å². The Morgan fingerprint density at radius 3 is 2.82 bits per heavy atom.